The van der Waals surface area contributed by atoms with Gasteiger partial charge in [0.1, 0.15) is 5.69 Å². The third-order valence-electron chi connectivity index (χ3n) is 3.00. The highest BCUT2D eigenvalue weighted by Gasteiger charge is 2.17. The van der Waals surface area contributed by atoms with Crippen LogP contribution in [0.5, 0.6) is 0 Å². The third-order valence-corrected chi connectivity index (χ3v) is 3.20. The van der Waals surface area contributed by atoms with Crippen LogP contribution in [0.1, 0.15) is 19.3 Å². The number of nitrogens with one attached hydrogen (secondary N) is 1. The summed E-state index contributed by atoms with van der Waals surface area (Å²) in [5.41, 5.74) is 1.33. The van der Waals surface area contributed by atoms with Gasteiger partial charge in [-0.25, -0.2) is 0 Å². The van der Waals surface area contributed by atoms with E-state index in [9.17, 15) is 10.1 Å². The number of rotatable bonds is 3. The second kappa shape index (κ2) is 5.23. The summed E-state index contributed by atoms with van der Waals surface area (Å²) < 4.78 is 0. The molecule has 0 aliphatic carbocycles. The number of anilines is 2. The van der Waals surface area contributed by atoms with E-state index in [0.717, 1.165) is 18.8 Å². The Morgan fingerprint density at radius 1 is 1.29 bits per heavy atom. The van der Waals surface area contributed by atoms with Crippen molar-refractivity contribution in [2.45, 2.75) is 19.3 Å². The minimum Gasteiger partial charge on any atom is -0.371 e. The largest absolute Gasteiger partial charge is 0.371 e. The van der Waals surface area contributed by atoms with Gasteiger partial charge < -0.3 is 4.90 Å². The van der Waals surface area contributed by atoms with E-state index in [0.29, 0.717) is 5.69 Å². The van der Waals surface area contributed by atoms with Crippen LogP contribution >= 0.6 is 11.8 Å². The van der Waals surface area contributed by atoms with Crippen molar-refractivity contribution in [3.8, 4) is 0 Å². The molecule has 6 heteroatoms. The fourth-order valence-corrected chi connectivity index (χ4v) is 2.26. The number of piperidine rings is 1. The molecule has 1 N–H and O–H groups in total. The van der Waals surface area contributed by atoms with E-state index in [2.05, 4.69) is 9.74 Å². The first-order valence-corrected chi connectivity index (χ1v) is 6.00. The van der Waals surface area contributed by atoms with E-state index < -0.39 is 4.92 Å². The highest BCUT2D eigenvalue weighted by molar-refractivity contribution is 6.24. The first-order chi connectivity index (χ1) is 8.22. The van der Waals surface area contributed by atoms with Gasteiger partial charge in [-0.2, -0.15) is 0 Å². The molecule has 1 saturated heterocycles. The molecule has 1 fully saturated rings. The molecule has 0 bridgehead atoms. The van der Waals surface area contributed by atoms with Crippen molar-refractivity contribution >= 4 is 28.8 Å². The van der Waals surface area contributed by atoms with Crippen molar-refractivity contribution in [1.82, 2.24) is 0 Å². The molecule has 1 aromatic carbocycles. The molecular formula is C11H14ClN3O2. The lowest BCUT2D eigenvalue weighted by molar-refractivity contribution is -0.383. The van der Waals surface area contributed by atoms with E-state index in [1.165, 1.54) is 25.3 Å². The summed E-state index contributed by atoms with van der Waals surface area (Å²) in [7, 11) is 0. The quantitative estimate of drug-likeness (QED) is 0.512. The average Bonchev–Trinajstić information content (AvgIpc) is 2.39. The van der Waals surface area contributed by atoms with Crippen LogP contribution in [0.4, 0.5) is 17.1 Å². The van der Waals surface area contributed by atoms with E-state index >= 15 is 0 Å². The summed E-state index contributed by atoms with van der Waals surface area (Å²) in [6, 6.07) is 5.01. The van der Waals surface area contributed by atoms with Gasteiger partial charge in [-0.3, -0.25) is 15.0 Å². The zero-order valence-corrected chi connectivity index (χ0v) is 10.1. The van der Waals surface area contributed by atoms with Crippen LogP contribution in [0.2, 0.25) is 0 Å². The molecule has 1 aliphatic rings. The molecule has 5 nitrogen and oxygen atoms in total. The highest BCUT2D eigenvalue weighted by atomic mass is 35.5. The first kappa shape index (κ1) is 12.0. The standard InChI is InChI=1S/C11H14ClN3O2/c12-13-10-8-9(4-5-11(10)15(16)17)14-6-2-1-3-7-14/h4-5,8,13H,1-3,6-7H2. The number of benzene rings is 1. The minimum atomic E-state index is -0.440. The van der Waals surface area contributed by atoms with Gasteiger partial charge in [-0.05, 0) is 31.4 Å². The predicted molar refractivity (Wildman–Crippen MR) is 68.6 cm³/mol. The van der Waals surface area contributed by atoms with Crippen molar-refractivity contribution in [3.63, 3.8) is 0 Å². The van der Waals surface area contributed by atoms with E-state index in [-0.39, 0.29) is 5.69 Å². The molecule has 17 heavy (non-hydrogen) atoms. The molecule has 0 aromatic heterocycles. The molecule has 0 atom stereocenters. The Labute approximate surface area is 105 Å². The number of nitro groups is 1. The molecule has 0 radical (unpaired) electrons. The van der Waals surface area contributed by atoms with Gasteiger partial charge in [0.25, 0.3) is 5.69 Å². The highest BCUT2D eigenvalue weighted by Crippen LogP contribution is 2.31. The maximum absolute atomic E-state index is 10.8. The van der Waals surface area contributed by atoms with Crippen LogP contribution in [0.3, 0.4) is 0 Å². The maximum Gasteiger partial charge on any atom is 0.293 e. The Bertz CT molecular complexity index is 419. The van der Waals surface area contributed by atoms with Gasteiger partial charge in [0.2, 0.25) is 0 Å². The number of halogens is 1. The zero-order chi connectivity index (χ0) is 12.3. The molecule has 1 aromatic rings. The molecule has 1 heterocycles. The van der Waals surface area contributed by atoms with Gasteiger partial charge in [-0.1, -0.05) is 0 Å². The Hall–Kier alpha value is -1.49. The summed E-state index contributed by atoms with van der Waals surface area (Å²) in [6.45, 7) is 2.00. The van der Waals surface area contributed by atoms with Gasteiger partial charge in [0.15, 0.2) is 0 Å². The molecule has 0 amide bonds. The second-order valence-corrected chi connectivity index (χ2v) is 4.29. The maximum atomic E-state index is 10.8. The number of hydrogen-bond donors (Lipinski definition) is 1. The topological polar surface area (TPSA) is 58.4 Å². The van der Waals surface area contributed by atoms with Crippen molar-refractivity contribution in [2.75, 3.05) is 22.8 Å². The lowest BCUT2D eigenvalue weighted by atomic mass is 10.1. The molecule has 0 saturated carbocycles. The molecule has 0 spiro atoms. The predicted octanol–water partition coefficient (Wildman–Crippen LogP) is 3.15. The Morgan fingerprint density at radius 2 is 2.00 bits per heavy atom. The summed E-state index contributed by atoms with van der Waals surface area (Å²) in [5.74, 6) is 0. The van der Waals surface area contributed by atoms with Crippen LogP contribution in [0, 0.1) is 10.1 Å². The van der Waals surface area contributed by atoms with E-state index in [4.69, 9.17) is 11.8 Å². The van der Waals surface area contributed by atoms with Crippen molar-refractivity contribution in [1.29, 1.82) is 0 Å². The van der Waals surface area contributed by atoms with Crippen molar-refractivity contribution in [3.05, 3.63) is 28.3 Å². The lowest BCUT2D eigenvalue weighted by Gasteiger charge is -2.28. The fraction of sp³-hybridized carbons (Fsp3) is 0.455. The van der Waals surface area contributed by atoms with E-state index in [1.807, 2.05) is 0 Å². The Balaban J connectivity index is 2.27. The third kappa shape index (κ3) is 2.61. The smallest absolute Gasteiger partial charge is 0.293 e. The van der Waals surface area contributed by atoms with Crippen LogP contribution in [0.15, 0.2) is 18.2 Å². The molecular weight excluding hydrogens is 242 g/mol. The monoisotopic (exact) mass is 255 g/mol. The van der Waals surface area contributed by atoms with Crippen LogP contribution < -0.4 is 9.74 Å². The minimum absolute atomic E-state index is 0.000703. The van der Waals surface area contributed by atoms with Gasteiger partial charge in [0.05, 0.1) is 4.92 Å². The Morgan fingerprint density at radius 3 is 2.59 bits per heavy atom. The average molecular weight is 256 g/mol. The lowest BCUT2D eigenvalue weighted by Crippen LogP contribution is -2.29. The molecule has 0 unspecified atom stereocenters. The van der Waals surface area contributed by atoms with Gasteiger partial charge >= 0.3 is 0 Å². The van der Waals surface area contributed by atoms with Crippen molar-refractivity contribution < 1.29 is 4.92 Å². The summed E-state index contributed by atoms with van der Waals surface area (Å²) >= 11 is 5.51. The Kier molecular flexibility index (Phi) is 3.68. The first-order valence-electron chi connectivity index (χ1n) is 5.62. The van der Waals surface area contributed by atoms with Crippen molar-refractivity contribution in [2.24, 2.45) is 0 Å². The normalized spacial score (nSPS) is 15.7. The number of nitro benzene ring substituents is 1. The summed E-state index contributed by atoms with van der Waals surface area (Å²) in [6.07, 6.45) is 3.59. The number of nitrogens with zero attached hydrogens (tertiary/aromatic N) is 2. The van der Waals surface area contributed by atoms with Crippen LogP contribution in [-0.4, -0.2) is 18.0 Å². The molecule has 92 valence electrons. The van der Waals surface area contributed by atoms with Crippen LogP contribution in [0.25, 0.3) is 0 Å². The van der Waals surface area contributed by atoms with Gasteiger partial charge in [-0.15, -0.1) is 0 Å². The molecule has 2 rings (SSSR count). The fourth-order valence-electron chi connectivity index (χ4n) is 2.11. The van der Waals surface area contributed by atoms with Gasteiger partial charge in [0, 0.05) is 36.6 Å². The SMILES string of the molecule is O=[N+]([O-])c1ccc(N2CCCCC2)cc1NCl. The van der Waals surface area contributed by atoms with Crippen LogP contribution in [-0.2, 0) is 0 Å². The summed E-state index contributed by atoms with van der Waals surface area (Å²) in [4.78, 5) is 14.9. The second-order valence-electron chi connectivity index (χ2n) is 4.10. The zero-order valence-electron chi connectivity index (χ0n) is 9.36. The summed E-state index contributed by atoms with van der Waals surface area (Å²) in [5, 5.41) is 10.8. The number of hydrogen-bond acceptors (Lipinski definition) is 4. The van der Waals surface area contributed by atoms with E-state index in [1.54, 1.807) is 12.1 Å². The molecule has 1 aliphatic heterocycles.